The van der Waals surface area contributed by atoms with Gasteiger partial charge in [0.15, 0.2) is 0 Å². The van der Waals surface area contributed by atoms with Gasteiger partial charge in [0.25, 0.3) is 0 Å². The molecule has 1 fully saturated rings. The summed E-state index contributed by atoms with van der Waals surface area (Å²) >= 11 is 0. The molecule has 0 aromatic heterocycles. The number of nitrogens with two attached hydrogens (primary N) is 1. The van der Waals surface area contributed by atoms with Gasteiger partial charge >= 0.3 is 6.18 Å². The Kier molecular flexibility index (Phi) is 2.70. The van der Waals surface area contributed by atoms with Crippen molar-refractivity contribution in [3.8, 4) is 0 Å². The second kappa shape index (κ2) is 3.77. The van der Waals surface area contributed by atoms with Crippen LogP contribution < -0.4 is 5.73 Å². The fraction of sp³-hybridized carbons (Fsp3) is 0.500. The summed E-state index contributed by atoms with van der Waals surface area (Å²) in [6, 6.07) is 5.79. The van der Waals surface area contributed by atoms with Crippen LogP contribution >= 0.6 is 0 Å². The molecule has 0 bridgehead atoms. The van der Waals surface area contributed by atoms with Crippen LogP contribution in [0.2, 0.25) is 0 Å². The highest BCUT2D eigenvalue weighted by atomic mass is 19.4. The Morgan fingerprint density at radius 3 is 2.25 bits per heavy atom. The molecule has 0 amide bonds. The third-order valence-corrected chi connectivity index (χ3v) is 3.51. The Bertz CT molecular complexity index is 375. The van der Waals surface area contributed by atoms with Crippen LogP contribution in [0.3, 0.4) is 0 Å². The second-order valence-corrected chi connectivity index (χ2v) is 4.38. The molecule has 0 saturated heterocycles. The average molecular weight is 229 g/mol. The highest BCUT2D eigenvalue weighted by Gasteiger charge is 2.44. The molecule has 88 valence electrons. The minimum absolute atomic E-state index is 0.292. The van der Waals surface area contributed by atoms with Gasteiger partial charge in [0, 0.05) is 12.0 Å². The molecule has 1 saturated carbocycles. The van der Waals surface area contributed by atoms with E-state index in [2.05, 4.69) is 0 Å². The van der Waals surface area contributed by atoms with Crippen LogP contribution in [0.25, 0.3) is 0 Å². The molecular weight excluding hydrogens is 215 g/mol. The molecule has 0 radical (unpaired) electrons. The monoisotopic (exact) mass is 229 g/mol. The van der Waals surface area contributed by atoms with Crippen LogP contribution in [-0.2, 0) is 11.6 Å². The van der Waals surface area contributed by atoms with Gasteiger partial charge in [-0.1, -0.05) is 24.6 Å². The molecule has 1 aromatic carbocycles. The van der Waals surface area contributed by atoms with E-state index in [1.165, 1.54) is 6.07 Å². The topological polar surface area (TPSA) is 26.0 Å². The van der Waals surface area contributed by atoms with Crippen molar-refractivity contribution in [1.82, 2.24) is 0 Å². The summed E-state index contributed by atoms with van der Waals surface area (Å²) in [7, 11) is 0. The largest absolute Gasteiger partial charge is 0.416 e. The molecule has 0 aliphatic heterocycles. The fourth-order valence-corrected chi connectivity index (χ4v) is 2.38. The van der Waals surface area contributed by atoms with Crippen molar-refractivity contribution < 1.29 is 13.2 Å². The van der Waals surface area contributed by atoms with Gasteiger partial charge in [-0.05, 0) is 24.5 Å². The predicted octanol–water partition coefficient (Wildman–Crippen LogP) is 3.09. The van der Waals surface area contributed by atoms with Crippen LogP contribution in [-0.4, -0.2) is 6.54 Å². The van der Waals surface area contributed by atoms with Gasteiger partial charge in [0.05, 0.1) is 5.56 Å². The van der Waals surface area contributed by atoms with Crippen LogP contribution in [0.15, 0.2) is 24.3 Å². The quantitative estimate of drug-likeness (QED) is 0.828. The first-order chi connectivity index (χ1) is 7.49. The van der Waals surface area contributed by atoms with Crippen molar-refractivity contribution in [2.45, 2.75) is 30.9 Å². The number of halogens is 3. The van der Waals surface area contributed by atoms with Gasteiger partial charge in [-0.25, -0.2) is 0 Å². The second-order valence-electron chi connectivity index (χ2n) is 4.38. The van der Waals surface area contributed by atoms with E-state index in [0.717, 1.165) is 25.3 Å². The van der Waals surface area contributed by atoms with Crippen molar-refractivity contribution in [2.75, 3.05) is 6.54 Å². The summed E-state index contributed by atoms with van der Waals surface area (Å²) in [6.07, 6.45) is -1.80. The van der Waals surface area contributed by atoms with Gasteiger partial charge in [-0.3, -0.25) is 0 Å². The Morgan fingerprint density at radius 2 is 1.81 bits per heavy atom. The lowest BCUT2D eigenvalue weighted by atomic mass is 9.63. The molecule has 0 heterocycles. The summed E-state index contributed by atoms with van der Waals surface area (Å²) in [5.74, 6) is 0. The molecule has 1 aliphatic rings. The molecular formula is C12H14F3N. The van der Waals surface area contributed by atoms with Gasteiger partial charge in [-0.2, -0.15) is 13.2 Å². The summed E-state index contributed by atoms with van der Waals surface area (Å²) in [5.41, 5.74) is 5.05. The fourth-order valence-electron chi connectivity index (χ4n) is 2.38. The Morgan fingerprint density at radius 1 is 1.19 bits per heavy atom. The van der Waals surface area contributed by atoms with E-state index in [1.54, 1.807) is 12.1 Å². The van der Waals surface area contributed by atoms with Gasteiger partial charge in [0.1, 0.15) is 0 Å². The summed E-state index contributed by atoms with van der Waals surface area (Å²) in [4.78, 5) is 0. The number of rotatable bonds is 2. The van der Waals surface area contributed by atoms with E-state index in [1.807, 2.05) is 0 Å². The van der Waals surface area contributed by atoms with Crippen molar-refractivity contribution in [3.63, 3.8) is 0 Å². The zero-order valence-corrected chi connectivity index (χ0v) is 8.85. The lowest BCUT2D eigenvalue weighted by Gasteiger charge is -2.42. The highest BCUT2D eigenvalue weighted by molar-refractivity contribution is 5.38. The highest BCUT2D eigenvalue weighted by Crippen LogP contribution is 2.47. The van der Waals surface area contributed by atoms with E-state index >= 15 is 0 Å². The van der Waals surface area contributed by atoms with Gasteiger partial charge in [-0.15, -0.1) is 0 Å². The smallest absolute Gasteiger partial charge is 0.330 e. The zero-order chi connectivity index (χ0) is 11.8. The van der Waals surface area contributed by atoms with Crippen molar-refractivity contribution >= 4 is 0 Å². The summed E-state index contributed by atoms with van der Waals surface area (Å²) < 4.78 is 38.5. The van der Waals surface area contributed by atoms with Crippen molar-refractivity contribution in [1.29, 1.82) is 0 Å². The Balaban J connectivity index is 2.48. The van der Waals surface area contributed by atoms with Crippen LogP contribution in [0.4, 0.5) is 13.2 Å². The minimum atomic E-state index is -4.28. The molecule has 1 aliphatic carbocycles. The lowest BCUT2D eigenvalue weighted by molar-refractivity contribution is -0.139. The first-order valence-electron chi connectivity index (χ1n) is 5.36. The zero-order valence-electron chi connectivity index (χ0n) is 8.85. The molecule has 2 N–H and O–H groups in total. The van der Waals surface area contributed by atoms with E-state index < -0.39 is 17.2 Å². The first kappa shape index (κ1) is 11.5. The Hall–Kier alpha value is -1.03. The number of hydrogen-bond acceptors (Lipinski definition) is 1. The average Bonchev–Trinajstić information content (AvgIpc) is 2.16. The van der Waals surface area contributed by atoms with E-state index in [9.17, 15) is 13.2 Å². The molecule has 0 unspecified atom stereocenters. The molecule has 1 aromatic rings. The predicted molar refractivity (Wildman–Crippen MR) is 56.0 cm³/mol. The minimum Gasteiger partial charge on any atom is -0.330 e. The van der Waals surface area contributed by atoms with E-state index in [0.29, 0.717) is 12.1 Å². The third kappa shape index (κ3) is 1.71. The van der Waals surface area contributed by atoms with Crippen molar-refractivity contribution in [3.05, 3.63) is 35.4 Å². The third-order valence-electron chi connectivity index (χ3n) is 3.51. The molecule has 4 heteroatoms. The maximum Gasteiger partial charge on any atom is 0.416 e. The molecule has 1 nitrogen and oxygen atoms in total. The molecule has 2 rings (SSSR count). The van der Waals surface area contributed by atoms with Crippen LogP contribution in [0.1, 0.15) is 30.4 Å². The Labute approximate surface area is 92.5 Å². The lowest BCUT2D eigenvalue weighted by Crippen LogP contribution is -2.42. The summed E-state index contributed by atoms with van der Waals surface area (Å²) in [5, 5.41) is 0. The maximum atomic E-state index is 12.8. The first-order valence-corrected chi connectivity index (χ1v) is 5.36. The standard InChI is InChI=1S/C12H14F3N/c13-12(14,15)10-5-2-1-4-9(10)11(8-16)6-3-7-11/h1-2,4-5H,3,6-8,16H2. The van der Waals surface area contributed by atoms with Crippen molar-refractivity contribution in [2.24, 2.45) is 5.73 Å². The number of hydrogen-bond donors (Lipinski definition) is 1. The molecule has 16 heavy (non-hydrogen) atoms. The molecule has 0 atom stereocenters. The number of benzene rings is 1. The molecule has 0 spiro atoms. The maximum absolute atomic E-state index is 12.8. The van der Waals surface area contributed by atoms with Crippen LogP contribution in [0, 0.1) is 0 Å². The van der Waals surface area contributed by atoms with E-state index in [-0.39, 0.29) is 0 Å². The van der Waals surface area contributed by atoms with Crippen LogP contribution in [0.5, 0.6) is 0 Å². The van der Waals surface area contributed by atoms with E-state index in [4.69, 9.17) is 5.73 Å². The number of alkyl halides is 3. The van der Waals surface area contributed by atoms with Gasteiger partial charge in [0.2, 0.25) is 0 Å². The van der Waals surface area contributed by atoms with Gasteiger partial charge < -0.3 is 5.73 Å². The SMILES string of the molecule is NCC1(c2ccccc2C(F)(F)F)CCC1. The summed E-state index contributed by atoms with van der Waals surface area (Å²) in [6.45, 7) is 0.292. The normalized spacial score (nSPS) is 19.2.